The first-order valence-electron chi connectivity index (χ1n) is 8.75. The van der Waals surface area contributed by atoms with Gasteiger partial charge in [0.2, 0.25) is 0 Å². The van der Waals surface area contributed by atoms with E-state index in [4.69, 9.17) is 27.6 Å². The summed E-state index contributed by atoms with van der Waals surface area (Å²) in [5.74, 6) is -1.58. The molecule has 0 aliphatic carbocycles. The highest BCUT2D eigenvalue weighted by Crippen LogP contribution is 2.44. The van der Waals surface area contributed by atoms with Gasteiger partial charge < -0.3 is 9.52 Å². The summed E-state index contributed by atoms with van der Waals surface area (Å²) in [7, 11) is 0. The fourth-order valence-electron chi connectivity index (χ4n) is 3.45. The van der Waals surface area contributed by atoms with E-state index in [1.165, 1.54) is 17.2 Å². The Hall–Kier alpha value is -3.02. The van der Waals surface area contributed by atoms with Crippen LogP contribution in [-0.4, -0.2) is 16.8 Å². The molecule has 1 unspecified atom stereocenters. The Morgan fingerprint density at radius 3 is 2.52 bits per heavy atom. The van der Waals surface area contributed by atoms with Gasteiger partial charge in [0.1, 0.15) is 17.6 Å². The Labute approximate surface area is 176 Å². The molecule has 29 heavy (non-hydrogen) atoms. The number of carbonyl (C=O) groups is 2. The van der Waals surface area contributed by atoms with E-state index >= 15 is 0 Å². The highest BCUT2D eigenvalue weighted by atomic mass is 35.5. The molecule has 1 atom stereocenters. The quantitative estimate of drug-likeness (QED) is 0.339. The Kier molecular flexibility index (Phi) is 4.94. The van der Waals surface area contributed by atoms with E-state index in [1.54, 1.807) is 55.5 Å². The molecule has 3 aromatic rings. The van der Waals surface area contributed by atoms with Gasteiger partial charge in [-0.05, 0) is 48.9 Å². The van der Waals surface area contributed by atoms with Crippen molar-refractivity contribution >= 4 is 46.3 Å². The number of benzene rings is 2. The molecule has 5 nitrogen and oxygen atoms in total. The first kappa shape index (κ1) is 19.3. The molecule has 1 aromatic heterocycles. The number of halogens is 2. The lowest BCUT2D eigenvalue weighted by Gasteiger charge is -2.25. The number of carbonyl (C=O) groups excluding carboxylic acids is 2. The summed E-state index contributed by atoms with van der Waals surface area (Å²) >= 11 is 12.3. The maximum absolute atomic E-state index is 13.0. The summed E-state index contributed by atoms with van der Waals surface area (Å²) < 4.78 is 5.53. The van der Waals surface area contributed by atoms with Crippen LogP contribution in [0.2, 0.25) is 10.0 Å². The smallest absolute Gasteiger partial charge is 0.300 e. The number of hydrogen-bond donors (Lipinski definition) is 1. The highest BCUT2D eigenvalue weighted by molar-refractivity contribution is 6.52. The summed E-state index contributed by atoms with van der Waals surface area (Å²) in [6, 6.07) is 13.9. The highest BCUT2D eigenvalue weighted by Gasteiger charge is 2.48. The first-order valence-corrected chi connectivity index (χ1v) is 9.51. The van der Waals surface area contributed by atoms with Gasteiger partial charge in [0.15, 0.2) is 0 Å². The Morgan fingerprint density at radius 1 is 1.07 bits per heavy atom. The molecule has 7 heteroatoms. The van der Waals surface area contributed by atoms with Gasteiger partial charge in [-0.25, -0.2) is 0 Å². The Bertz CT molecular complexity index is 1150. The Balaban J connectivity index is 1.97. The SMILES string of the molecule is Cc1c(Cl)cccc1N1C(=O)C(=O)/C(=C(\O)c2cccc(Cl)c2)C1c1ccco1. The van der Waals surface area contributed by atoms with Crippen molar-refractivity contribution in [2.45, 2.75) is 13.0 Å². The summed E-state index contributed by atoms with van der Waals surface area (Å²) in [5.41, 5.74) is 1.35. The number of aliphatic hydroxyl groups excluding tert-OH is 1. The van der Waals surface area contributed by atoms with Crippen molar-refractivity contribution in [1.82, 2.24) is 0 Å². The maximum atomic E-state index is 13.0. The zero-order valence-electron chi connectivity index (χ0n) is 15.2. The van der Waals surface area contributed by atoms with Gasteiger partial charge in [0.05, 0.1) is 11.8 Å². The van der Waals surface area contributed by atoms with Crippen LogP contribution in [0.4, 0.5) is 5.69 Å². The van der Waals surface area contributed by atoms with Crippen molar-refractivity contribution in [3.05, 3.63) is 93.4 Å². The number of furan rings is 1. The molecule has 1 fully saturated rings. The van der Waals surface area contributed by atoms with Crippen LogP contribution in [-0.2, 0) is 9.59 Å². The first-order chi connectivity index (χ1) is 13.9. The number of amides is 1. The largest absolute Gasteiger partial charge is 0.507 e. The second kappa shape index (κ2) is 7.43. The molecule has 2 aromatic carbocycles. The summed E-state index contributed by atoms with van der Waals surface area (Å²) in [6.07, 6.45) is 1.44. The molecular weight excluding hydrogens is 413 g/mol. The van der Waals surface area contributed by atoms with Gasteiger partial charge in [-0.1, -0.05) is 41.4 Å². The third-order valence-electron chi connectivity index (χ3n) is 4.85. The average Bonchev–Trinajstić information content (AvgIpc) is 3.31. The van der Waals surface area contributed by atoms with Crippen molar-refractivity contribution in [3.63, 3.8) is 0 Å². The lowest BCUT2D eigenvalue weighted by molar-refractivity contribution is -0.132. The van der Waals surface area contributed by atoms with Crippen LogP contribution in [0.3, 0.4) is 0 Å². The summed E-state index contributed by atoms with van der Waals surface area (Å²) in [4.78, 5) is 27.3. The molecule has 1 saturated heterocycles. The number of ketones is 1. The predicted molar refractivity (Wildman–Crippen MR) is 111 cm³/mol. The third-order valence-corrected chi connectivity index (χ3v) is 5.50. The van der Waals surface area contributed by atoms with Crippen molar-refractivity contribution in [3.8, 4) is 0 Å². The number of anilines is 1. The van der Waals surface area contributed by atoms with Crippen LogP contribution in [0.25, 0.3) is 5.76 Å². The molecule has 1 aliphatic rings. The zero-order valence-corrected chi connectivity index (χ0v) is 16.7. The van der Waals surface area contributed by atoms with Crippen LogP contribution in [0.5, 0.6) is 0 Å². The average molecular weight is 428 g/mol. The second-order valence-corrected chi connectivity index (χ2v) is 7.42. The minimum atomic E-state index is -0.943. The topological polar surface area (TPSA) is 70.8 Å². The number of aliphatic hydroxyl groups is 1. The molecule has 0 spiro atoms. The van der Waals surface area contributed by atoms with Gasteiger partial charge in [-0.15, -0.1) is 0 Å². The molecule has 1 N–H and O–H groups in total. The number of rotatable bonds is 3. The van der Waals surface area contributed by atoms with Gasteiger partial charge in [0.25, 0.3) is 11.7 Å². The number of Topliss-reactive ketones (excluding diaryl/α,β-unsaturated/α-hetero) is 1. The number of hydrogen-bond acceptors (Lipinski definition) is 4. The van der Waals surface area contributed by atoms with Gasteiger partial charge in [-0.2, -0.15) is 0 Å². The van der Waals surface area contributed by atoms with E-state index in [9.17, 15) is 14.7 Å². The fourth-order valence-corrected chi connectivity index (χ4v) is 3.81. The lowest BCUT2D eigenvalue weighted by atomic mass is 9.99. The Morgan fingerprint density at radius 2 is 1.83 bits per heavy atom. The van der Waals surface area contributed by atoms with Crippen LogP contribution in [0, 0.1) is 6.92 Å². The van der Waals surface area contributed by atoms with Gasteiger partial charge in [0, 0.05) is 21.3 Å². The van der Waals surface area contributed by atoms with Crippen LogP contribution in [0.15, 0.2) is 70.9 Å². The monoisotopic (exact) mass is 427 g/mol. The molecule has 0 saturated carbocycles. The van der Waals surface area contributed by atoms with Crippen molar-refractivity contribution in [1.29, 1.82) is 0 Å². The van der Waals surface area contributed by atoms with Crippen molar-refractivity contribution in [2.24, 2.45) is 0 Å². The van der Waals surface area contributed by atoms with E-state index in [2.05, 4.69) is 0 Å². The minimum Gasteiger partial charge on any atom is -0.507 e. The van der Waals surface area contributed by atoms with Crippen molar-refractivity contribution < 1.29 is 19.1 Å². The molecule has 0 bridgehead atoms. The van der Waals surface area contributed by atoms with E-state index in [0.717, 1.165) is 0 Å². The third kappa shape index (κ3) is 3.22. The molecule has 2 heterocycles. The molecule has 1 amide bonds. The molecule has 4 rings (SSSR count). The van der Waals surface area contributed by atoms with E-state index < -0.39 is 17.7 Å². The van der Waals surface area contributed by atoms with Crippen LogP contribution >= 0.6 is 23.2 Å². The standard InChI is InChI=1S/C22H15Cl2NO4/c1-12-15(24)7-3-8-16(12)25-19(17-9-4-10-29-17)18(21(27)22(25)28)20(26)13-5-2-6-14(23)11-13/h2-11,19,26H,1H3/b20-18-. The summed E-state index contributed by atoms with van der Waals surface area (Å²) in [5, 5.41) is 11.8. The van der Waals surface area contributed by atoms with Crippen LogP contribution in [0.1, 0.15) is 22.9 Å². The molecule has 146 valence electrons. The lowest BCUT2D eigenvalue weighted by Crippen LogP contribution is -2.30. The van der Waals surface area contributed by atoms with E-state index in [0.29, 0.717) is 32.6 Å². The van der Waals surface area contributed by atoms with E-state index in [1.807, 2.05) is 0 Å². The van der Waals surface area contributed by atoms with E-state index in [-0.39, 0.29) is 11.3 Å². The molecule has 1 aliphatic heterocycles. The van der Waals surface area contributed by atoms with Crippen molar-refractivity contribution in [2.75, 3.05) is 4.90 Å². The van der Waals surface area contributed by atoms with Gasteiger partial charge in [-0.3, -0.25) is 14.5 Å². The fraction of sp³-hybridized carbons (Fsp3) is 0.0909. The molecule has 0 radical (unpaired) electrons. The van der Waals surface area contributed by atoms with Gasteiger partial charge >= 0.3 is 0 Å². The zero-order chi connectivity index (χ0) is 20.7. The summed E-state index contributed by atoms with van der Waals surface area (Å²) in [6.45, 7) is 1.76. The normalized spacial score (nSPS) is 18.4. The van der Waals surface area contributed by atoms with Crippen LogP contribution < -0.4 is 4.90 Å². The molecular formula is C22H15Cl2NO4. The minimum absolute atomic E-state index is 0.0772. The predicted octanol–water partition coefficient (Wildman–Crippen LogP) is 5.52. The second-order valence-electron chi connectivity index (χ2n) is 6.58. The maximum Gasteiger partial charge on any atom is 0.300 e. The number of nitrogens with zero attached hydrogens (tertiary/aromatic N) is 1.